The zero-order chi connectivity index (χ0) is 14.0. The van der Waals surface area contributed by atoms with Gasteiger partial charge in [0.1, 0.15) is 12.7 Å². The highest BCUT2D eigenvalue weighted by atomic mass is 16.5. The minimum Gasteiger partial charge on any atom is -0.363 e. The van der Waals surface area contributed by atoms with E-state index in [4.69, 9.17) is 10.00 Å². The molecule has 0 aromatic carbocycles. The number of nitrogens with zero attached hydrogens (tertiary/aromatic N) is 1. The summed E-state index contributed by atoms with van der Waals surface area (Å²) < 4.78 is 5.67. The molecule has 1 unspecified atom stereocenters. The Hall–Kier alpha value is -1.47. The van der Waals surface area contributed by atoms with Crippen LogP contribution in [0.15, 0.2) is 11.6 Å². The molecule has 0 aromatic heterocycles. The number of allylic oxidation sites excluding steroid dienone is 1. The number of ether oxygens (including phenoxy) is 1. The van der Waals surface area contributed by atoms with Gasteiger partial charge in [-0.05, 0) is 25.8 Å². The molecular weight excluding hydrogens is 230 g/mol. The summed E-state index contributed by atoms with van der Waals surface area (Å²) in [5.74, 6) is -0.218. The molecule has 1 aliphatic rings. The second kappa shape index (κ2) is 5.03. The fraction of sp³-hybridized carbons (Fsp3) is 0.643. The summed E-state index contributed by atoms with van der Waals surface area (Å²) in [6.07, 6.45) is 2.71. The Morgan fingerprint density at radius 3 is 2.61 bits per heavy atom. The first-order chi connectivity index (χ1) is 8.26. The number of hydrogen-bond donors (Lipinski definition) is 0. The Morgan fingerprint density at radius 2 is 2.17 bits per heavy atom. The van der Waals surface area contributed by atoms with Crippen LogP contribution in [-0.2, 0) is 14.3 Å². The van der Waals surface area contributed by atoms with E-state index >= 15 is 0 Å². The molecule has 0 amide bonds. The third-order valence-electron chi connectivity index (χ3n) is 3.29. The smallest absolute Gasteiger partial charge is 0.178 e. The second-order valence-corrected chi connectivity index (χ2v) is 5.47. The van der Waals surface area contributed by atoms with Gasteiger partial charge in [0, 0.05) is 5.41 Å². The number of rotatable bonds is 4. The Labute approximate surface area is 108 Å². The highest BCUT2D eigenvalue weighted by molar-refractivity contribution is 6.03. The lowest BCUT2D eigenvalue weighted by Crippen LogP contribution is -2.44. The van der Waals surface area contributed by atoms with Gasteiger partial charge in [-0.1, -0.05) is 20.8 Å². The lowest BCUT2D eigenvalue weighted by atomic mass is 9.69. The van der Waals surface area contributed by atoms with Crippen molar-refractivity contribution in [1.82, 2.24) is 0 Å². The maximum atomic E-state index is 12.0. The highest BCUT2D eigenvalue weighted by Gasteiger charge is 2.45. The molecule has 0 heterocycles. The van der Waals surface area contributed by atoms with Crippen LogP contribution in [0.25, 0.3) is 0 Å². The predicted octanol–water partition coefficient (Wildman–Crippen LogP) is 2.19. The molecule has 0 aliphatic heterocycles. The molecule has 4 heteroatoms. The fourth-order valence-electron chi connectivity index (χ4n) is 2.32. The molecule has 18 heavy (non-hydrogen) atoms. The van der Waals surface area contributed by atoms with Crippen molar-refractivity contribution in [2.24, 2.45) is 5.41 Å². The Balaban J connectivity index is 3.13. The molecule has 0 radical (unpaired) electrons. The minimum atomic E-state index is -0.686. The van der Waals surface area contributed by atoms with Gasteiger partial charge in [0.05, 0.1) is 11.2 Å². The van der Waals surface area contributed by atoms with Crippen molar-refractivity contribution in [3.8, 4) is 6.07 Å². The largest absolute Gasteiger partial charge is 0.363 e. The lowest BCUT2D eigenvalue weighted by molar-refractivity contribution is -0.134. The summed E-state index contributed by atoms with van der Waals surface area (Å²) in [6, 6.07) is 1.93. The minimum absolute atomic E-state index is 0.00726. The Kier molecular flexibility index (Phi) is 4.08. The summed E-state index contributed by atoms with van der Waals surface area (Å²) in [5.41, 5.74) is -1.18. The number of carbonyl (C=O) groups is 2. The van der Waals surface area contributed by atoms with Crippen molar-refractivity contribution >= 4 is 11.6 Å². The number of hydrogen-bond acceptors (Lipinski definition) is 4. The first-order valence-electron chi connectivity index (χ1n) is 6.07. The van der Waals surface area contributed by atoms with Crippen molar-refractivity contribution in [2.75, 3.05) is 6.61 Å². The molecule has 0 fully saturated rings. The standard InChI is InChI=1S/C14H19NO3/c1-5-14(18-8-10(2)16)6-11(7-15)12(17)13(3,4)9-14/h6H,5,8-9H2,1-4H3. The van der Waals surface area contributed by atoms with Gasteiger partial charge in [-0.2, -0.15) is 5.26 Å². The van der Waals surface area contributed by atoms with Gasteiger partial charge in [0.2, 0.25) is 0 Å². The number of Topliss-reactive ketones (excluding diaryl/α,β-unsaturated/α-hetero) is 2. The van der Waals surface area contributed by atoms with E-state index < -0.39 is 11.0 Å². The van der Waals surface area contributed by atoms with Crippen LogP contribution < -0.4 is 0 Å². The molecular formula is C14H19NO3. The van der Waals surface area contributed by atoms with Crippen LogP contribution in [0, 0.1) is 16.7 Å². The van der Waals surface area contributed by atoms with Crippen molar-refractivity contribution < 1.29 is 14.3 Å². The SMILES string of the molecule is CCC1(OCC(C)=O)C=C(C#N)C(=O)C(C)(C)C1. The van der Waals surface area contributed by atoms with E-state index in [1.165, 1.54) is 6.92 Å². The molecule has 4 nitrogen and oxygen atoms in total. The van der Waals surface area contributed by atoms with Crippen LogP contribution >= 0.6 is 0 Å². The van der Waals surface area contributed by atoms with Crippen LogP contribution in [-0.4, -0.2) is 23.8 Å². The average Bonchev–Trinajstić information content (AvgIpc) is 2.30. The van der Waals surface area contributed by atoms with Crippen LogP contribution in [0.3, 0.4) is 0 Å². The van der Waals surface area contributed by atoms with E-state index in [2.05, 4.69) is 0 Å². The highest BCUT2D eigenvalue weighted by Crippen LogP contribution is 2.41. The molecule has 0 N–H and O–H groups in total. The molecule has 1 atom stereocenters. The van der Waals surface area contributed by atoms with Gasteiger partial charge in [0.25, 0.3) is 0 Å². The molecule has 1 aliphatic carbocycles. The zero-order valence-corrected chi connectivity index (χ0v) is 11.4. The molecule has 0 spiro atoms. The number of carbonyl (C=O) groups excluding carboxylic acids is 2. The maximum Gasteiger partial charge on any atom is 0.178 e. The number of ketones is 2. The van der Waals surface area contributed by atoms with Crippen LogP contribution in [0.4, 0.5) is 0 Å². The monoisotopic (exact) mass is 249 g/mol. The normalized spacial score (nSPS) is 26.4. The predicted molar refractivity (Wildman–Crippen MR) is 66.8 cm³/mol. The van der Waals surface area contributed by atoms with E-state index in [0.29, 0.717) is 12.8 Å². The van der Waals surface area contributed by atoms with Gasteiger partial charge >= 0.3 is 0 Å². The lowest BCUT2D eigenvalue weighted by Gasteiger charge is -2.40. The zero-order valence-electron chi connectivity index (χ0n) is 11.4. The summed E-state index contributed by atoms with van der Waals surface area (Å²) in [4.78, 5) is 23.1. The molecule has 0 saturated heterocycles. The van der Waals surface area contributed by atoms with Crippen molar-refractivity contribution in [3.63, 3.8) is 0 Å². The van der Waals surface area contributed by atoms with Crippen LogP contribution in [0.1, 0.15) is 40.5 Å². The molecule has 98 valence electrons. The van der Waals surface area contributed by atoms with E-state index in [1.54, 1.807) is 19.9 Å². The summed E-state index contributed by atoms with van der Waals surface area (Å²) in [5, 5.41) is 9.04. The van der Waals surface area contributed by atoms with Gasteiger partial charge in [-0.3, -0.25) is 9.59 Å². The van der Waals surface area contributed by atoms with Crippen LogP contribution in [0.5, 0.6) is 0 Å². The van der Waals surface area contributed by atoms with Gasteiger partial charge in [-0.15, -0.1) is 0 Å². The van der Waals surface area contributed by atoms with E-state index in [1.807, 2.05) is 13.0 Å². The molecule has 0 aromatic rings. The maximum absolute atomic E-state index is 12.0. The van der Waals surface area contributed by atoms with Crippen molar-refractivity contribution in [3.05, 3.63) is 11.6 Å². The van der Waals surface area contributed by atoms with Crippen molar-refractivity contribution in [2.45, 2.75) is 46.1 Å². The van der Waals surface area contributed by atoms with Gasteiger partial charge < -0.3 is 4.74 Å². The fourth-order valence-corrected chi connectivity index (χ4v) is 2.32. The van der Waals surface area contributed by atoms with E-state index in [-0.39, 0.29) is 23.7 Å². The summed E-state index contributed by atoms with van der Waals surface area (Å²) in [6.45, 7) is 7.00. The molecule has 0 bridgehead atoms. The molecule has 0 saturated carbocycles. The van der Waals surface area contributed by atoms with E-state index in [0.717, 1.165) is 0 Å². The van der Waals surface area contributed by atoms with Crippen molar-refractivity contribution in [1.29, 1.82) is 5.26 Å². The Morgan fingerprint density at radius 1 is 1.56 bits per heavy atom. The van der Waals surface area contributed by atoms with Gasteiger partial charge in [-0.25, -0.2) is 0 Å². The third kappa shape index (κ3) is 2.85. The summed E-state index contributed by atoms with van der Waals surface area (Å²) in [7, 11) is 0. The number of nitriles is 1. The quantitative estimate of drug-likeness (QED) is 0.766. The van der Waals surface area contributed by atoms with Gasteiger partial charge in [0.15, 0.2) is 11.6 Å². The summed E-state index contributed by atoms with van der Waals surface area (Å²) >= 11 is 0. The topological polar surface area (TPSA) is 67.2 Å². The Bertz CT molecular complexity index is 442. The first kappa shape index (κ1) is 14.6. The van der Waals surface area contributed by atoms with E-state index in [9.17, 15) is 9.59 Å². The average molecular weight is 249 g/mol. The second-order valence-electron chi connectivity index (χ2n) is 5.47. The van der Waals surface area contributed by atoms with Crippen LogP contribution in [0.2, 0.25) is 0 Å². The molecule has 1 rings (SSSR count). The third-order valence-corrected chi connectivity index (χ3v) is 3.29. The first-order valence-corrected chi connectivity index (χ1v) is 6.07.